The molecule has 2 aromatic rings. The van der Waals surface area contributed by atoms with Crippen LogP contribution in [0.4, 0.5) is 0 Å². The first-order valence-corrected chi connectivity index (χ1v) is 6.55. The normalized spacial score (nSPS) is 13.8. The molecule has 0 fully saturated rings. The predicted molar refractivity (Wildman–Crippen MR) is 71.4 cm³/mol. The van der Waals surface area contributed by atoms with E-state index >= 15 is 0 Å². The Morgan fingerprint density at radius 1 is 1.28 bits per heavy atom. The maximum absolute atomic E-state index is 4.37. The molecular weight excluding hydrogens is 224 g/mol. The van der Waals surface area contributed by atoms with Gasteiger partial charge in [0.2, 0.25) is 0 Å². The summed E-state index contributed by atoms with van der Waals surface area (Å²) < 4.78 is 2.26. The number of likely N-dealkylation sites (N-methyl/N-ethyl adjacent to an activating group) is 1. The minimum absolute atomic E-state index is 0.984. The van der Waals surface area contributed by atoms with Crippen molar-refractivity contribution < 1.29 is 0 Å². The van der Waals surface area contributed by atoms with Gasteiger partial charge in [-0.25, -0.2) is 0 Å². The number of benzene rings is 1. The average Bonchev–Trinajstić information content (AvgIpc) is 2.99. The average molecular weight is 242 g/mol. The van der Waals surface area contributed by atoms with Gasteiger partial charge in [-0.1, -0.05) is 24.3 Å². The smallest absolute Gasteiger partial charge is 0.164 e. The lowest BCUT2D eigenvalue weighted by molar-refractivity contribution is 0.745. The van der Waals surface area contributed by atoms with Crippen LogP contribution in [0.25, 0.3) is 11.4 Å². The maximum Gasteiger partial charge on any atom is 0.164 e. The molecule has 2 heterocycles. The molecular formula is C14H18N4. The zero-order chi connectivity index (χ0) is 12.4. The molecule has 0 saturated carbocycles. The molecule has 1 aliphatic heterocycles. The number of hydrogen-bond donors (Lipinski definition) is 1. The fraction of sp³-hybridized carbons (Fsp3) is 0.429. The quantitative estimate of drug-likeness (QED) is 0.886. The van der Waals surface area contributed by atoms with Gasteiger partial charge < -0.3 is 9.88 Å². The summed E-state index contributed by atoms with van der Waals surface area (Å²) in [5, 5.41) is 11.9. The summed E-state index contributed by atoms with van der Waals surface area (Å²) in [6.45, 7) is 2.04. The number of hydrogen-bond acceptors (Lipinski definition) is 3. The van der Waals surface area contributed by atoms with Crippen molar-refractivity contribution in [2.24, 2.45) is 0 Å². The van der Waals surface area contributed by atoms with E-state index < -0.39 is 0 Å². The van der Waals surface area contributed by atoms with Crippen LogP contribution in [0.15, 0.2) is 24.3 Å². The Kier molecular flexibility index (Phi) is 3.11. The molecule has 1 aromatic carbocycles. The first-order valence-electron chi connectivity index (χ1n) is 6.55. The van der Waals surface area contributed by atoms with Crippen molar-refractivity contribution >= 4 is 0 Å². The standard InChI is InChI=1S/C14H18N4/c1-15-9-8-11-5-2-3-6-12(11)14-17-16-13-7-4-10-18(13)14/h2-3,5-6,15H,4,7-10H2,1H3. The van der Waals surface area contributed by atoms with Crippen molar-refractivity contribution in [1.82, 2.24) is 20.1 Å². The number of nitrogens with zero attached hydrogens (tertiary/aromatic N) is 3. The molecule has 1 N–H and O–H groups in total. The number of nitrogens with one attached hydrogen (secondary N) is 1. The van der Waals surface area contributed by atoms with Crippen LogP contribution in [-0.4, -0.2) is 28.4 Å². The first-order chi connectivity index (χ1) is 8.90. The van der Waals surface area contributed by atoms with E-state index in [1.807, 2.05) is 7.05 Å². The van der Waals surface area contributed by atoms with E-state index in [0.29, 0.717) is 0 Å². The molecule has 0 radical (unpaired) electrons. The largest absolute Gasteiger partial charge is 0.319 e. The maximum atomic E-state index is 4.37. The Morgan fingerprint density at radius 2 is 2.17 bits per heavy atom. The molecule has 0 unspecified atom stereocenters. The highest BCUT2D eigenvalue weighted by atomic mass is 15.3. The number of aromatic nitrogens is 3. The van der Waals surface area contributed by atoms with Crippen molar-refractivity contribution in [3.8, 4) is 11.4 Å². The van der Waals surface area contributed by atoms with Gasteiger partial charge in [-0.3, -0.25) is 0 Å². The number of aryl methyl sites for hydroxylation is 1. The van der Waals surface area contributed by atoms with Gasteiger partial charge in [0.25, 0.3) is 0 Å². The van der Waals surface area contributed by atoms with Crippen LogP contribution in [0.3, 0.4) is 0 Å². The van der Waals surface area contributed by atoms with Gasteiger partial charge in [0, 0.05) is 18.5 Å². The van der Waals surface area contributed by atoms with Crippen molar-refractivity contribution in [2.45, 2.75) is 25.8 Å². The van der Waals surface area contributed by atoms with Crippen LogP contribution in [0.1, 0.15) is 17.8 Å². The second-order valence-corrected chi connectivity index (χ2v) is 4.71. The minimum Gasteiger partial charge on any atom is -0.319 e. The summed E-state index contributed by atoms with van der Waals surface area (Å²) in [6, 6.07) is 8.51. The topological polar surface area (TPSA) is 42.7 Å². The van der Waals surface area contributed by atoms with Crippen LogP contribution < -0.4 is 5.32 Å². The van der Waals surface area contributed by atoms with Gasteiger partial charge >= 0.3 is 0 Å². The number of rotatable bonds is 4. The Balaban J connectivity index is 2.00. The minimum atomic E-state index is 0.984. The first kappa shape index (κ1) is 11.4. The SMILES string of the molecule is CNCCc1ccccc1-c1nnc2n1CCC2. The molecule has 0 bridgehead atoms. The lowest BCUT2D eigenvalue weighted by atomic mass is 10.0. The molecule has 1 aromatic heterocycles. The van der Waals surface area contributed by atoms with E-state index in [0.717, 1.165) is 37.6 Å². The third-order valence-corrected chi connectivity index (χ3v) is 3.51. The summed E-state index contributed by atoms with van der Waals surface area (Å²) in [7, 11) is 1.98. The van der Waals surface area contributed by atoms with Crippen LogP contribution in [0.5, 0.6) is 0 Å². The van der Waals surface area contributed by atoms with E-state index in [1.165, 1.54) is 17.5 Å². The van der Waals surface area contributed by atoms with E-state index in [9.17, 15) is 0 Å². The van der Waals surface area contributed by atoms with E-state index in [-0.39, 0.29) is 0 Å². The van der Waals surface area contributed by atoms with Crippen molar-refractivity contribution in [3.63, 3.8) is 0 Å². The Bertz CT molecular complexity index is 544. The molecule has 0 saturated heterocycles. The molecule has 0 atom stereocenters. The molecule has 0 aliphatic carbocycles. The summed E-state index contributed by atoms with van der Waals surface area (Å²) in [4.78, 5) is 0. The predicted octanol–water partition coefficient (Wildman–Crippen LogP) is 1.65. The summed E-state index contributed by atoms with van der Waals surface area (Å²) >= 11 is 0. The third-order valence-electron chi connectivity index (χ3n) is 3.51. The molecule has 94 valence electrons. The van der Waals surface area contributed by atoms with Gasteiger partial charge in [0.15, 0.2) is 5.82 Å². The lowest BCUT2D eigenvalue weighted by Gasteiger charge is -2.09. The van der Waals surface area contributed by atoms with E-state index in [1.54, 1.807) is 0 Å². The molecule has 1 aliphatic rings. The molecule has 4 nitrogen and oxygen atoms in total. The van der Waals surface area contributed by atoms with Gasteiger partial charge in [0.1, 0.15) is 5.82 Å². The van der Waals surface area contributed by atoms with Crippen molar-refractivity contribution in [1.29, 1.82) is 0 Å². The van der Waals surface area contributed by atoms with Gasteiger partial charge in [-0.05, 0) is 32.0 Å². The highest BCUT2D eigenvalue weighted by Gasteiger charge is 2.19. The summed E-state index contributed by atoms with van der Waals surface area (Å²) in [5.41, 5.74) is 2.57. The second-order valence-electron chi connectivity index (χ2n) is 4.71. The second kappa shape index (κ2) is 4.90. The van der Waals surface area contributed by atoms with E-state index in [4.69, 9.17) is 0 Å². The summed E-state index contributed by atoms with van der Waals surface area (Å²) in [5.74, 6) is 2.17. The van der Waals surface area contributed by atoms with Gasteiger partial charge in [-0.2, -0.15) is 0 Å². The van der Waals surface area contributed by atoms with Crippen molar-refractivity contribution in [2.75, 3.05) is 13.6 Å². The number of fused-ring (bicyclic) bond motifs is 1. The monoisotopic (exact) mass is 242 g/mol. The third kappa shape index (κ3) is 1.93. The zero-order valence-electron chi connectivity index (χ0n) is 10.7. The van der Waals surface area contributed by atoms with Crippen LogP contribution in [0, 0.1) is 0 Å². The zero-order valence-corrected chi connectivity index (χ0v) is 10.7. The molecule has 3 rings (SSSR count). The van der Waals surface area contributed by atoms with Crippen LogP contribution in [0.2, 0.25) is 0 Å². The van der Waals surface area contributed by atoms with Crippen LogP contribution in [-0.2, 0) is 19.4 Å². The summed E-state index contributed by atoms with van der Waals surface area (Å²) in [6.07, 6.45) is 3.27. The molecule has 18 heavy (non-hydrogen) atoms. The fourth-order valence-electron chi connectivity index (χ4n) is 2.57. The Morgan fingerprint density at radius 3 is 3.06 bits per heavy atom. The molecule has 0 spiro atoms. The van der Waals surface area contributed by atoms with Crippen molar-refractivity contribution in [3.05, 3.63) is 35.7 Å². The lowest BCUT2D eigenvalue weighted by Crippen LogP contribution is -2.11. The molecule has 0 amide bonds. The fourth-order valence-corrected chi connectivity index (χ4v) is 2.57. The van der Waals surface area contributed by atoms with Gasteiger partial charge in [0.05, 0.1) is 0 Å². The van der Waals surface area contributed by atoms with Gasteiger partial charge in [-0.15, -0.1) is 10.2 Å². The van der Waals surface area contributed by atoms with E-state index in [2.05, 4.69) is 44.3 Å². The highest BCUT2D eigenvalue weighted by molar-refractivity contribution is 5.61. The highest BCUT2D eigenvalue weighted by Crippen LogP contribution is 2.26. The Labute approximate surface area is 107 Å². The molecule has 4 heteroatoms. The van der Waals surface area contributed by atoms with Crippen LogP contribution >= 0.6 is 0 Å². The Hall–Kier alpha value is -1.68.